The molecular weight excluding hydrogens is 274 g/mol. The molecule has 1 heterocycles. The van der Waals surface area contributed by atoms with Crippen LogP contribution in [-0.4, -0.2) is 23.7 Å². The molecule has 3 saturated carbocycles. The molecule has 0 aromatic rings. The van der Waals surface area contributed by atoms with E-state index in [0.717, 1.165) is 18.3 Å². The number of hydrogen-bond donors (Lipinski definition) is 2. The topological polar surface area (TPSA) is 49.3 Å². The lowest BCUT2D eigenvalue weighted by Crippen LogP contribution is -2.60. The summed E-state index contributed by atoms with van der Waals surface area (Å²) in [5.74, 6) is 2.32. The molecule has 1 amide bonds. The van der Waals surface area contributed by atoms with E-state index in [1.165, 1.54) is 38.5 Å². The third-order valence-corrected chi connectivity index (χ3v) is 7.81. The Morgan fingerprint density at radius 2 is 2.00 bits per heavy atom. The van der Waals surface area contributed by atoms with Crippen LogP contribution in [0.3, 0.4) is 0 Å². The Balaban J connectivity index is 1.70. The van der Waals surface area contributed by atoms with Crippen molar-refractivity contribution >= 4 is 5.91 Å². The van der Waals surface area contributed by atoms with Gasteiger partial charge in [0.2, 0.25) is 5.91 Å². The van der Waals surface area contributed by atoms with Gasteiger partial charge in [0.05, 0.1) is 6.61 Å². The van der Waals surface area contributed by atoms with Crippen molar-refractivity contribution in [2.75, 3.05) is 6.61 Å². The van der Waals surface area contributed by atoms with Crippen LogP contribution in [0.2, 0.25) is 0 Å². The van der Waals surface area contributed by atoms with Gasteiger partial charge in [-0.15, -0.1) is 0 Å². The Morgan fingerprint density at radius 3 is 2.77 bits per heavy atom. The van der Waals surface area contributed by atoms with E-state index in [1.807, 2.05) is 0 Å². The van der Waals surface area contributed by atoms with Gasteiger partial charge < -0.3 is 10.4 Å². The summed E-state index contributed by atoms with van der Waals surface area (Å²) < 4.78 is 0. The normalized spacial score (nSPS) is 50.5. The van der Waals surface area contributed by atoms with Crippen LogP contribution in [0.15, 0.2) is 11.6 Å². The van der Waals surface area contributed by atoms with Gasteiger partial charge in [-0.25, -0.2) is 0 Å². The molecule has 122 valence electrons. The number of hydrogen-bond acceptors (Lipinski definition) is 2. The summed E-state index contributed by atoms with van der Waals surface area (Å²) in [6.07, 6.45) is 11.4. The molecule has 0 spiro atoms. The highest BCUT2D eigenvalue weighted by molar-refractivity contribution is 5.95. The average Bonchev–Trinajstić information content (AvgIpc) is 2.89. The number of carbonyl (C=O) groups is 1. The summed E-state index contributed by atoms with van der Waals surface area (Å²) in [5, 5.41) is 12.7. The van der Waals surface area contributed by atoms with Gasteiger partial charge in [0.15, 0.2) is 0 Å². The molecule has 22 heavy (non-hydrogen) atoms. The van der Waals surface area contributed by atoms with E-state index in [1.54, 1.807) is 0 Å². The maximum atomic E-state index is 12.1. The molecule has 4 rings (SSSR count). The quantitative estimate of drug-likeness (QED) is 0.782. The zero-order chi connectivity index (χ0) is 15.5. The van der Waals surface area contributed by atoms with Crippen LogP contribution in [0.1, 0.15) is 58.8 Å². The first kappa shape index (κ1) is 14.7. The summed E-state index contributed by atoms with van der Waals surface area (Å²) in [6.45, 7) is 4.72. The Bertz CT molecular complexity index is 528. The maximum absolute atomic E-state index is 12.1. The van der Waals surface area contributed by atoms with Crippen LogP contribution < -0.4 is 5.32 Å². The van der Waals surface area contributed by atoms with Gasteiger partial charge in [0.25, 0.3) is 0 Å². The van der Waals surface area contributed by atoms with Gasteiger partial charge in [-0.2, -0.15) is 0 Å². The van der Waals surface area contributed by atoms with Crippen LogP contribution in [-0.2, 0) is 4.79 Å². The first-order valence-electron chi connectivity index (χ1n) is 9.11. The standard InChI is InChI=1S/C19H29NO2/c1-18-8-3-4-14(18)13-5-6-16-19(2,15(13)7-9-18)10-12(11-21)17(22)20-16/h10,13-16,21H,3-9,11H2,1-2H3,(H,20,22)/t13-,14-,15-,16+,18-,19+/m0/s1. The lowest BCUT2D eigenvalue weighted by molar-refractivity contribution is -0.123. The molecule has 4 aliphatic rings. The van der Waals surface area contributed by atoms with Gasteiger partial charge in [0.1, 0.15) is 0 Å². The van der Waals surface area contributed by atoms with Gasteiger partial charge >= 0.3 is 0 Å². The van der Waals surface area contributed by atoms with Crippen LogP contribution in [0.5, 0.6) is 0 Å². The monoisotopic (exact) mass is 303 g/mol. The van der Waals surface area contributed by atoms with Gasteiger partial charge in [-0.1, -0.05) is 26.3 Å². The molecule has 0 saturated heterocycles. The molecule has 6 atom stereocenters. The van der Waals surface area contributed by atoms with Crippen LogP contribution in [0.4, 0.5) is 0 Å². The molecule has 2 N–H and O–H groups in total. The summed E-state index contributed by atoms with van der Waals surface area (Å²) in [4.78, 5) is 12.1. The molecule has 1 aliphatic heterocycles. The zero-order valence-electron chi connectivity index (χ0n) is 13.9. The average molecular weight is 303 g/mol. The third kappa shape index (κ3) is 1.87. The minimum atomic E-state index is -0.132. The smallest absolute Gasteiger partial charge is 0.249 e. The van der Waals surface area contributed by atoms with Crippen molar-refractivity contribution < 1.29 is 9.90 Å². The Kier molecular flexibility index (Phi) is 3.24. The van der Waals surface area contributed by atoms with Crippen molar-refractivity contribution in [2.24, 2.45) is 28.6 Å². The molecule has 0 aromatic heterocycles. The Labute approximate surface area is 133 Å². The molecule has 0 aromatic carbocycles. The summed E-state index contributed by atoms with van der Waals surface area (Å²) in [7, 11) is 0. The van der Waals surface area contributed by atoms with Crippen molar-refractivity contribution in [1.29, 1.82) is 0 Å². The van der Waals surface area contributed by atoms with Crippen LogP contribution in [0, 0.1) is 28.6 Å². The molecular formula is C19H29NO2. The largest absolute Gasteiger partial charge is 0.391 e. The van der Waals surface area contributed by atoms with E-state index in [9.17, 15) is 9.90 Å². The molecule has 3 nitrogen and oxygen atoms in total. The van der Waals surface area contributed by atoms with Gasteiger partial charge in [-0.3, -0.25) is 4.79 Å². The van der Waals surface area contributed by atoms with E-state index in [4.69, 9.17) is 0 Å². The molecule has 0 unspecified atom stereocenters. The number of fused-ring (bicyclic) bond motifs is 5. The predicted octanol–water partition coefficient (Wildman–Crippen LogP) is 3.04. The van der Waals surface area contributed by atoms with Crippen molar-refractivity contribution in [3.63, 3.8) is 0 Å². The minimum Gasteiger partial charge on any atom is -0.391 e. The molecule has 3 fully saturated rings. The van der Waals surface area contributed by atoms with Gasteiger partial charge in [-0.05, 0) is 61.7 Å². The molecule has 0 bridgehead atoms. The highest BCUT2D eigenvalue weighted by Crippen LogP contribution is 2.63. The van der Waals surface area contributed by atoms with Crippen molar-refractivity contribution in [1.82, 2.24) is 5.32 Å². The van der Waals surface area contributed by atoms with Crippen molar-refractivity contribution in [3.8, 4) is 0 Å². The number of carbonyl (C=O) groups excluding carboxylic acids is 1. The summed E-state index contributed by atoms with van der Waals surface area (Å²) >= 11 is 0. The number of aliphatic hydroxyl groups is 1. The lowest BCUT2D eigenvalue weighted by Gasteiger charge is -2.58. The second-order valence-corrected chi connectivity index (χ2v) is 8.76. The highest BCUT2D eigenvalue weighted by atomic mass is 16.3. The summed E-state index contributed by atoms with van der Waals surface area (Å²) in [6, 6.07) is 0.266. The van der Waals surface area contributed by atoms with Crippen LogP contribution >= 0.6 is 0 Å². The van der Waals surface area contributed by atoms with Crippen molar-refractivity contribution in [2.45, 2.75) is 64.8 Å². The number of rotatable bonds is 1. The fourth-order valence-electron chi connectivity index (χ4n) is 6.63. The maximum Gasteiger partial charge on any atom is 0.249 e. The fourth-order valence-corrected chi connectivity index (χ4v) is 6.63. The number of nitrogens with one attached hydrogen (secondary N) is 1. The van der Waals surface area contributed by atoms with E-state index in [-0.39, 0.29) is 24.0 Å². The number of amides is 1. The number of aliphatic hydroxyl groups excluding tert-OH is 1. The predicted molar refractivity (Wildman–Crippen MR) is 86.1 cm³/mol. The van der Waals surface area contributed by atoms with E-state index >= 15 is 0 Å². The summed E-state index contributed by atoms with van der Waals surface area (Å²) in [5.41, 5.74) is 1.20. The highest BCUT2D eigenvalue weighted by Gasteiger charge is 2.57. The molecule has 0 radical (unpaired) electrons. The second kappa shape index (κ2) is 4.83. The van der Waals surface area contributed by atoms with E-state index < -0.39 is 0 Å². The first-order valence-corrected chi connectivity index (χ1v) is 9.11. The van der Waals surface area contributed by atoms with E-state index in [0.29, 0.717) is 16.9 Å². The first-order chi connectivity index (χ1) is 10.5. The lowest BCUT2D eigenvalue weighted by atomic mass is 9.48. The fraction of sp³-hybridized carbons (Fsp3) is 0.842. The Hall–Kier alpha value is -0.830. The van der Waals surface area contributed by atoms with Gasteiger partial charge in [0, 0.05) is 17.0 Å². The third-order valence-electron chi connectivity index (χ3n) is 7.81. The van der Waals surface area contributed by atoms with E-state index in [2.05, 4.69) is 25.2 Å². The SMILES string of the molecule is C[C@@]12CCC[C@H]1[C@@H]1CC[C@H]3NC(=O)C(CO)=C[C@]3(C)[C@H]1CC2. The minimum absolute atomic E-state index is 0.0405. The Morgan fingerprint density at radius 1 is 1.18 bits per heavy atom. The molecule has 3 aliphatic carbocycles. The van der Waals surface area contributed by atoms with Crippen molar-refractivity contribution in [3.05, 3.63) is 11.6 Å². The second-order valence-electron chi connectivity index (χ2n) is 8.76. The zero-order valence-corrected chi connectivity index (χ0v) is 13.9. The van der Waals surface area contributed by atoms with Crippen LogP contribution in [0.25, 0.3) is 0 Å². The molecule has 3 heteroatoms.